The molecular formula is C14H15N3OS. The maximum absolute atomic E-state index is 5.87. The van der Waals surface area contributed by atoms with E-state index in [9.17, 15) is 0 Å². The van der Waals surface area contributed by atoms with Gasteiger partial charge in [-0.1, -0.05) is 18.2 Å². The molecule has 1 aliphatic heterocycles. The van der Waals surface area contributed by atoms with E-state index in [4.69, 9.17) is 4.74 Å². The van der Waals surface area contributed by atoms with Gasteiger partial charge in [0.15, 0.2) is 0 Å². The van der Waals surface area contributed by atoms with Gasteiger partial charge in [0, 0.05) is 12.5 Å². The molecule has 0 aliphatic carbocycles. The second-order valence-electron chi connectivity index (χ2n) is 4.38. The maximum Gasteiger partial charge on any atom is 0.130 e. The van der Waals surface area contributed by atoms with Crippen LogP contribution in [0.15, 0.2) is 41.7 Å². The molecule has 4 nitrogen and oxygen atoms in total. The van der Waals surface area contributed by atoms with E-state index in [-0.39, 0.29) is 6.10 Å². The molecular weight excluding hydrogens is 258 g/mol. The summed E-state index contributed by atoms with van der Waals surface area (Å²) < 4.78 is 5.87. The lowest BCUT2D eigenvalue weighted by Crippen LogP contribution is -2.24. The second-order valence-corrected chi connectivity index (χ2v) is 5.20. The van der Waals surface area contributed by atoms with Crippen LogP contribution in [-0.2, 0) is 6.42 Å². The van der Waals surface area contributed by atoms with Gasteiger partial charge in [-0.15, -0.1) is 11.8 Å². The molecule has 0 bridgehead atoms. The molecule has 1 aromatic heterocycles. The monoisotopic (exact) mass is 273 g/mol. The Bertz CT molecular complexity index is 551. The number of nitrogens with one attached hydrogen (secondary N) is 1. The molecule has 2 heterocycles. The van der Waals surface area contributed by atoms with E-state index in [0.29, 0.717) is 0 Å². The molecule has 1 unspecified atom stereocenters. The lowest BCUT2D eigenvalue weighted by atomic mass is 10.1. The maximum atomic E-state index is 5.87. The van der Waals surface area contributed by atoms with E-state index in [1.807, 2.05) is 30.5 Å². The zero-order chi connectivity index (χ0) is 13.1. The summed E-state index contributed by atoms with van der Waals surface area (Å²) in [6, 6.07) is 10.1. The molecule has 1 atom stereocenters. The highest BCUT2D eigenvalue weighted by Gasteiger charge is 2.21. The fourth-order valence-electron chi connectivity index (χ4n) is 2.13. The van der Waals surface area contributed by atoms with Crippen molar-refractivity contribution < 1.29 is 4.74 Å². The normalized spacial score (nSPS) is 16.8. The van der Waals surface area contributed by atoms with E-state index in [0.717, 1.165) is 29.6 Å². The molecule has 19 heavy (non-hydrogen) atoms. The van der Waals surface area contributed by atoms with Crippen LogP contribution in [0.4, 0.5) is 5.82 Å². The summed E-state index contributed by atoms with van der Waals surface area (Å²) in [7, 11) is 0. The van der Waals surface area contributed by atoms with Crippen molar-refractivity contribution in [3.05, 3.63) is 42.2 Å². The largest absolute Gasteiger partial charge is 0.488 e. The summed E-state index contributed by atoms with van der Waals surface area (Å²) >= 11 is 1.61. The zero-order valence-corrected chi connectivity index (χ0v) is 11.5. The van der Waals surface area contributed by atoms with E-state index in [1.165, 1.54) is 5.56 Å². The minimum absolute atomic E-state index is 0.171. The highest BCUT2D eigenvalue weighted by Crippen LogP contribution is 2.28. The van der Waals surface area contributed by atoms with Crippen molar-refractivity contribution >= 4 is 17.6 Å². The first-order chi connectivity index (χ1) is 9.35. The smallest absolute Gasteiger partial charge is 0.130 e. The van der Waals surface area contributed by atoms with Gasteiger partial charge in [0.05, 0.1) is 6.54 Å². The van der Waals surface area contributed by atoms with Gasteiger partial charge in [0.1, 0.15) is 29.0 Å². The van der Waals surface area contributed by atoms with Crippen LogP contribution in [0.3, 0.4) is 0 Å². The summed E-state index contributed by atoms with van der Waals surface area (Å²) in [4.78, 5) is 8.36. The van der Waals surface area contributed by atoms with Crippen LogP contribution in [0.2, 0.25) is 0 Å². The molecule has 3 rings (SSSR count). The average molecular weight is 273 g/mol. The number of thioether (sulfide) groups is 1. The molecule has 2 aromatic rings. The quantitative estimate of drug-likeness (QED) is 0.685. The number of ether oxygens (including phenoxy) is 1. The zero-order valence-electron chi connectivity index (χ0n) is 10.7. The van der Waals surface area contributed by atoms with Crippen molar-refractivity contribution in [1.29, 1.82) is 0 Å². The topological polar surface area (TPSA) is 47.0 Å². The van der Waals surface area contributed by atoms with Crippen LogP contribution in [0.5, 0.6) is 5.75 Å². The van der Waals surface area contributed by atoms with Crippen molar-refractivity contribution in [2.75, 3.05) is 18.1 Å². The Morgan fingerprint density at radius 2 is 2.26 bits per heavy atom. The molecule has 1 N–H and O–H groups in total. The highest BCUT2D eigenvalue weighted by molar-refractivity contribution is 7.98. The molecule has 1 aliphatic rings. The molecule has 0 fully saturated rings. The first kappa shape index (κ1) is 12.3. The minimum Gasteiger partial charge on any atom is -0.488 e. The number of nitrogens with zero attached hydrogens (tertiary/aromatic N) is 2. The Labute approximate surface area is 116 Å². The third kappa shape index (κ3) is 2.81. The minimum atomic E-state index is 0.171. The number of fused-ring (bicyclic) bond motifs is 1. The van der Waals surface area contributed by atoms with Crippen LogP contribution >= 0.6 is 11.8 Å². The first-order valence-electron chi connectivity index (χ1n) is 6.19. The van der Waals surface area contributed by atoms with Crippen molar-refractivity contribution in [2.24, 2.45) is 0 Å². The Morgan fingerprint density at radius 1 is 1.37 bits per heavy atom. The van der Waals surface area contributed by atoms with Crippen molar-refractivity contribution in [2.45, 2.75) is 17.6 Å². The summed E-state index contributed by atoms with van der Waals surface area (Å²) in [5.74, 6) is 1.85. The van der Waals surface area contributed by atoms with Crippen LogP contribution < -0.4 is 10.1 Å². The van der Waals surface area contributed by atoms with Gasteiger partial charge < -0.3 is 10.1 Å². The van der Waals surface area contributed by atoms with Crippen molar-refractivity contribution in [3.63, 3.8) is 0 Å². The van der Waals surface area contributed by atoms with Crippen LogP contribution in [0.1, 0.15) is 5.56 Å². The Morgan fingerprint density at radius 3 is 3.11 bits per heavy atom. The predicted octanol–water partition coefficient (Wildman–Crippen LogP) is 2.61. The fourth-order valence-corrected chi connectivity index (χ4v) is 2.52. The molecule has 0 saturated carbocycles. The van der Waals surface area contributed by atoms with E-state index >= 15 is 0 Å². The van der Waals surface area contributed by atoms with Gasteiger partial charge in [0.2, 0.25) is 0 Å². The SMILES string of the molecule is CSc1cc(NCC2Cc3ccccc3O2)ncn1. The lowest BCUT2D eigenvalue weighted by Gasteiger charge is -2.12. The number of hydrogen-bond donors (Lipinski definition) is 1. The summed E-state index contributed by atoms with van der Waals surface area (Å²) in [5, 5.41) is 4.27. The van der Waals surface area contributed by atoms with Gasteiger partial charge in [-0.3, -0.25) is 0 Å². The Balaban J connectivity index is 1.59. The first-order valence-corrected chi connectivity index (χ1v) is 7.42. The molecule has 98 valence electrons. The van der Waals surface area contributed by atoms with Gasteiger partial charge in [-0.05, 0) is 17.9 Å². The number of hydrogen-bond acceptors (Lipinski definition) is 5. The summed E-state index contributed by atoms with van der Waals surface area (Å²) in [6.07, 6.45) is 4.70. The molecule has 1 aromatic carbocycles. The third-order valence-corrected chi connectivity index (χ3v) is 3.72. The van der Waals surface area contributed by atoms with Gasteiger partial charge >= 0.3 is 0 Å². The number of rotatable bonds is 4. The van der Waals surface area contributed by atoms with E-state index in [2.05, 4.69) is 21.4 Å². The fraction of sp³-hybridized carbons (Fsp3) is 0.286. The van der Waals surface area contributed by atoms with Crippen LogP contribution in [0.25, 0.3) is 0 Å². The van der Waals surface area contributed by atoms with Crippen LogP contribution in [0, 0.1) is 0 Å². The van der Waals surface area contributed by atoms with E-state index in [1.54, 1.807) is 18.1 Å². The average Bonchev–Trinajstić information content (AvgIpc) is 2.88. The standard InChI is InChI=1S/C14H15N3OS/c1-19-14-7-13(16-9-17-14)15-8-11-6-10-4-2-3-5-12(10)18-11/h2-5,7,9,11H,6,8H2,1H3,(H,15,16,17). The highest BCUT2D eigenvalue weighted by atomic mass is 32.2. The van der Waals surface area contributed by atoms with Gasteiger partial charge in [-0.2, -0.15) is 0 Å². The number of benzene rings is 1. The number of anilines is 1. The molecule has 0 saturated heterocycles. The Hall–Kier alpha value is -1.75. The number of para-hydroxylation sites is 1. The van der Waals surface area contributed by atoms with Crippen LogP contribution in [-0.4, -0.2) is 28.9 Å². The summed E-state index contributed by atoms with van der Waals surface area (Å²) in [6.45, 7) is 0.750. The third-order valence-electron chi connectivity index (χ3n) is 3.08. The molecule has 5 heteroatoms. The predicted molar refractivity (Wildman–Crippen MR) is 76.9 cm³/mol. The molecule has 0 radical (unpaired) electrons. The lowest BCUT2D eigenvalue weighted by molar-refractivity contribution is 0.246. The molecule has 0 spiro atoms. The van der Waals surface area contributed by atoms with Gasteiger partial charge in [-0.25, -0.2) is 9.97 Å². The van der Waals surface area contributed by atoms with Gasteiger partial charge in [0.25, 0.3) is 0 Å². The van der Waals surface area contributed by atoms with E-state index < -0.39 is 0 Å². The Kier molecular flexibility index (Phi) is 3.55. The number of aromatic nitrogens is 2. The molecule has 0 amide bonds. The van der Waals surface area contributed by atoms with Crippen molar-refractivity contribution in [1.82, 2.24) is 9.97 Å². The summed E-state index contributed by atoms with van der Waals surface area (Å²) in [5.41, 5.74) is 1.28. The van der Waals surface area contributed by atoms with Crippen molar-refractivity contribution in [3.8, 4) is 5.75 Å². The second kappa shape index (κ2) is 5.48.